The summed E-state index contributed by atoms with van der Waals surface area (Å²) >= 11 is 6.31. The Morgan fingerprint density at radius 2 is 1.84 bits per heavy atom. The van der Waals surface area contributed by atoms with Crippen LogP contribution in [0.2, 0.25) is 5.02 Å². The Morgan fingerprint density at radius 3 is 2.65 bits per heavy atom. The Morgan fingerprint density at radius 1 is 1.06 bits per heavy atom. The molecule has 0 spiro atoms. The summed E-state index contributed by atoms with van der Waals surface area (Å²) in [4.78, 5) is 14.9. The van der Waals surface area contributed by atoms with Crippen LogP contribution in [0.15, 0.2) is 72.8 Å². The predicted octanol–water partition coefficient (Wildman–Crippen LogP) is 5.53. The molecule has 0 bridgehead atoms. The van der Waals surface area contributed by atoms with Crippen molar-refractivity contribution in [1.29, 1.82) is 5.26 Å². The van der Waals surface area contributed by atoms with Crippen LogP contribution in [0.3, 0.4) is 0 Å². The number of amides is 1. The fraction of sp³-hybridized carbons (Fsp3) is 0.200. The van der Waals surface area contributed by atoms with Gasteiger partial charge in [-0.15, -0.1) is 0 Å². The molecule has 1 heterocycles. The highest BCUT2D eigenvalue weighted by Crippen LogP contribution is 2.40. The zero-order chi connectivity index (χ0) is 21.6. The van der Waals surface area contributed by atoms with Gasteiger partial charge in [0.2, 0.25) is 0 Å². The molecule has 5 nitrogen and oxygen atoms in total. The minimum absolute atomic E-state index is 0.0958. The van der Waals surface area contributed by atoms with E-state index in [1.165, 1.54) is 0 Å². The zero-order valence-corrected chi connectivity index (χ0v) is 17.6. The second-order valence-electron chi connectivity index (χ2n) is 7.21. The van der Waals surface area contributed by atoms with Gasteiger partial charge in [-0.05, 0) is 41.3 Å². The molecule has 0 N–H and O–H groups in total. The molecule has 0 fully saturated rings. The standard InChI is InChI=1S/C25H21ClN2O3/c26-20-10-11-23(30-15-13-27)22(16-20)24-21-9-5-4-8-19(21)12-14-28(24)25(29)31-17-18-6-2-1-3-7-18/h1-11,16,24H,12,14-15,17H2. The average molecular weight is 433 g/mol. The molecular formula is C25H21ClN2O3. The van der Waals surface area contributed by atoms with Crippen LogP contribution < -0.4 is 4.74 Å². The molecule has 1 aliphatic heterocycles. The van der Waals surface area contributed by atoms with Crippen molar-refractivity contribution in [2.24, 2.45) is 0 Å². The molecule has 4 rings (SSSR count). The van der Waals surface area contributed by atoms with Gasteiger partial charge in [-0.3, -0.25) is 4.90 Å². The van der Waals surface area contributed by atoms with Gasteiger partial charge in [0.15, 0.2) is 6.61 Å². The maximum atomic E-state index is 13.2. The summed E-state index contributed by atoms with van der Waals surface area (Å²) in [5.74, 6) is 0.522. The van der Waals surface area contributed by atoms with E-state index in [1.807, 2.05) is 54.6 Å². The minimum Gasteiger partial charge on any atom is -0.478 e. The van der Waals surface area contributed by atoms with E-state index < -0.39 is 12.1 Å². The third-order valence-corrected chi connectivity index (χ3v) is 5.52. The molecule has 0 aromatic heterocycles. The summed E-state index contributed by atoms with van der Waals surface area (Å²) in [5, 5.41) is 9.50. The van der Waals surface area contributed by atoms with Gasteiger partial charge < -0.3 is 9.47 Å². The molecule has 1 atom stereocenters. The summed E-state index contributed by atoms with van der Waals surface area (Å²) in [6.45, 7) is 0.596. The monoisotopic (exact) mass is 432 g/mol. The van der Waals surface area contributed by atoms with Crippen molar-refractivity contribution in [3.8, 4) is 11.8 Å². The van der Waals surface area contributed by atoms with Gasteiger partial charge in [0.1, 0.15) is 18.4 Å². The summed E-state index contributed by atoms with van der Waals surface area (Å²) in [6, 6.07) is 24.4. The van der Waals surface area contributed by atoms with Gasteiger partial charge in [-0.25, -0.2) is 4.79 Å². The lowest BCUT2D eigenvalue weighted by Gasteiger charge is -2.37. The van der Waals surface area contributed by atoms with Crippen LogP contribution in [0.1, 0.15) is 28.3 Å². The van der Waals surface area contributed by atoms with Crippen LogP contribution in [-0.2, 0) is 17.8 Å². The highest BCUT2D eigenvalue weighted by molar-refractivity contribution is 6.30. The average Bonchev–Trinajstić information content (AvgIpc) is 2.81. The van der Waals surface area contributed by atoms with Crippen LogP contribution in [0.25, 0.3) is 0 Å². The quantitative estimate of drug-likeness (QED) is 0.532. The topological polar surface area (TPSA) is 62.6 Å². The van der Waals surface area contributed by atoms with Crippen molar-refractivity contribution >= 4 is 17.7 Å². The highest BCUT2D eigenvalue weighted by Gasteiger charge is 2.35. The molecule has 3 aromatic carbocycles. The Labute approximate surface area is 186 Å². The number of hydrogen-bond acceptors (Lipinski definition) is 4. The normalized spacial score (nSPS) is 15.0. The number of nitriles is 1. The second-order valence-corrected chi connectivity index (χ2v) is 7.65. The number of benzene rings is 3. The van der Waals surface area contributed by atoms with Crippen LogP contribution in [0, 0.1) is 11.3 Å². The maximum absolute atomic E-state index is 13.2. The van der Waals surface area contributed by atoms with Crippen molar-refractivity contribution < 1.29 is 14.3 Å². The molecule has 6 heteroatoms. The number of ether oxygens (including phenoxy) is 2. The molecule has 0 saturated heterocycles. The molecule has 31 heavy (non-hydrogen) atoms. The lowest BCUT2D eigenvalue weighted by atomic mass is 9.88. The van der Waals surface area contributed by atoms with Gasteiger partial charge in [-0.1, -0.05) is 66.2 Å². The van der Waals surface area contributed by atoms with E-state index in [-0.39, 0.29) is 13.2 Å². The van der Waals surface area contributed by atoms with Crippen molar-refractivity contribution in [2.75, 3.05) is 13.2 Å². The molecule has 1 amide bonds. The number of nitrogens with zero attached hydrogens (tertiary/aromatic N) is 2. The lowest BCUT2D eigenvalue weighted by Crippen LogP contribution is -2.41. The highest BCUT2D eigenvalue weighted by atomic mass is 35.5. The van der Waals surface area contributed by atoms with E-state index in [0.29, 0.717) is 17.3 Å². The Kier molecular flexibility index (Phi) is 6.40. The number of carbonyl (C=O) groups excluding carboxylic acids is 1. The Balaban J connectivity index is 1.70. The van der Waals surface area contributed by atoms with Gasteiger partial charge in [-0.2, -0.15) is 5.26 Å². The van der Waals surface area contributed by atoms with Gasteiger partial charge >= 0.3 is 6.09 Å². The lowest BCUT2D eigenvalue weighted by molar-refractivity contribution is 0.0832. The third kappa shape index (κ3) is 4.65. The number of carbonyl (C=O) groups is 1. The van der Waals surface area contributed by atoms with Crippen molar-refractivity contribution in [1.82, 2.24) is 4.90 Å². The van der Waals surface area contributed by atoms with Crippen LogP contribution in [-0.4, -0.2) is 24.1 Å². The minimum atomic E-state index is -0.430. The van der Waals surface area contributed by atoms with Gasteiger partial charge in [0, 0.05) is 17.1 Å². The zero-order valence-electron chi connectivity index (χ0n) is 16.8. The van der Waals surface area contributed by atoms with Crippen molar-refractivity contribution in [3.05, 3.63) is 100 Å². The largest absolute Gasteiger partial charge is 0.478 e. The first-order chi connectivity index (χ1) is 15.2. The molecule has 0 saturated carbocycles. The summed E-state index contributed by atoms with van der Waals surface area (Å²) in [6.07, 6.45) is 0.316. The third-order valence-electron chi connectivity index (χ3n) is 5.28. The molecule has 156 valence electrons. The number of hydrogen-bond donors (Lipinski definition) is 0. The van der Waals surface area contributed by atoms with E-state index in [0.717, 1.165) is 28.7 Å². The van der Waals surface area contributed by atoms with E-state index >= 15 is 0 Å². The first kappa shape index (κ1) is 20.8. The smallest absolute Gasteiger partial charge is 0.410 e. The van der Waals surface area contributed by atoms with Crippen LogP contribution >= 0.6 is 11.6 Å². The molecule has 0 radical (unpaired) electrons. The first-order valence-electron chi connectivity index (χ1n) is 10.0. The molecular weight excluding hydrogens is 412 g/mol. The fourth-order valence-electron chi connectivity index (χ4n) is 3.88. The van der Waals surface area contributed by atoms with Gasteiger partial charge in [0.05, 0.1) is 6.04 Å². The van der Waals surface area contributed by atoms with Crippen molar-refractivity contribution in [3.63, 3.8) is 0 Å². The van der Waals surface area contributed by atoms with Gasteiger partial charge in [0.25, 0.3) is 0 Å². The summed E-state index contributed by atoms with van der Waals surface area (Å²) in [7, 11) is 0. The molecule has 3 aromatic rings. The number of halogens is 1. The fourth-order valence-corrected chi connectivity index (χ4v) is 4.06. The first-order valence-corrected chi connectivity index (χ1v) is 10.4. The SMILES string of the molecule is N#CCOc1ccc(Cl)cc1C1c2ccccc2CCN1C(=O)OCc1ccccc1. The van der Waals surface area contributed by atoms with E-state index in [1.54, 1.807) is 23.1 Å². The Bertz CT molecular complexity index is 1110. The summed E-state index contributed by atoms with van der Waals surface area (Å²) in [5.41, 5.74) is 3.80. The van der Waals surface area contributed by atoms with E-state index in [2.05, 4.69) is 6.07 Å². The van der Waals surface area contributed by atoms with E-state index in [4.69, 9.17) is 26.3 Å². The van der Waals surface area contributed by atoms with E-state index in [9.17, 15) is 4.79 Å². The molecule has 1 unspecified atom stereocenters. The second kappa shape index (κ2) is 9.55. The Hall–Kier alpha value is -3.49. The number of fused-ring (bicyclic) bond motifs is 1. The predicted molar refractivity (Wildman–Crippen MR) is 118 cm³/mol. The molecule has 0 aliphatic carbocycles. The van der Waals surface area contributed by atoms with Crippen molar-refractivity contribution in [2.45, 2.75) is 19.1 Å². The van der Waals surface area contributed by atoms with Crippen LogP contribution in [0.5, 0.6) is 5.75 Å². The summed E-state index contributed by atoms with van der Waals surface area (Å²) < 4.78 is 11.3. The maximum Gasteiger partial charge on any atom is 0.410 e. The number of rotatable bonds is 5. The molecule has 1 aliphatic rings. The van der Waals surface area contributed by atoms with Crippen LogP contribution in [0.4, 0.5) is 4.79 Å².